The maximum atomic E-state index is 12.4. The van der Waals surface area contributed by atoms with Crippen molar-refractivity contribution in [3.8, 4) is 0 Å². The maximum Gasteiger partial charge on any atom is 0.253 e. The Balaban J connectivity index is 1.54. The number of fused-ring (bicyclic) bond motifs is 1. The molecule has 2 heterocycles. The van der Waals surface area contributed by atoms with Crippen molar-refractivity contribution < 1.29 is 4.79 Å². The zero-order valence-corrected chi connectivity index (χ0v) is 15.2. The Bertz CT molecular complexity index is 727. The molecule has 1 amide bonds. The zero-order valence-electron chi connectivity index (χ0n) is 15.2. The number of carbonyl (C=O) groups is 1. The van der Waals surface area contributed by atoms with Gasteiger partial charge in [-0.2, -0.15) is 0 Å². The quantitative estimate of drug-likeness (QED) is 0.909. The number of nitrogens with zero attached hydrogens (tertiary/aromatic N) is 3. The van der Waals surface area contributed by atoms with Gasteiger partial charge in [0.15, 0.2) is 0 Å². The third kappa shape index (κ3) is 4.37. The van der Waals surface area contributed by atoms with Crippen molar-refractivity contribution in [2.75, 3.05) is 32.1 Å². The largest absolute Gasteiger partial charge is 0.363 e. The minimum atomic E-state index is -0.0669. The van der Waals surface area contributed by atoms with Crippen molar-refractivity contribution in [2.45, 2.75) is 25.9 Å². The van der Waals surface area contributed by atoms with Gasteiger partial charge in [-0.15, -0.1) is 0 Å². The van der Waals surface area contributed by atoms with Crippen LogP contribution in [0.15, 0.2) is 42.6 Å². The molecule has 5 nitrogen and oxygen atoms in total. The number of anilines is 1. The molecule has 0 saturated heterocycles. The first-order valence-electron chi connectivity index (χ1n) is 8.76. The molecular formula is C20H26N4O. The van der Waals surface area contributed by atoms with Gasteiger partial charge in [-0.3, -0.25) is 9.69 Å². The van der Waals surface area contributed by atoms with Crippen LogP contribution in [0.1, 0.15) is 28.4 Å². The Morgan fingerprint density at radius 3 is 2.68 bits per heavy atom. The van der Waals surface area contributed by atoms with Gasteiger partial charge in [0.05, 0.1) is 5.56 Å². The highest BCUT2D eigenvalue weighted by Crippen LogP contribution is 2.18. The maximum absolute atomic E-state index is 12.4. The van der Waals surface area contributed by atoms with E-state index in [2.05, 4.69) is 46.4 Å². The number of hydrogen-bond donors (Lipinski definition) is 1. The molecule has 1 aliphatic rings. The van der Waals surface area contributed by atoms with Crippen LogP contribution in [-0.4, -0.2) is 49.0 Å². The van der Waals surface area contributed by atoms with E-state index in [1.807, 2.05) is 31.1 Å². The summed E-state index contributed by atoms with van der Waals surface area (Å²) in [6.07, 6.45) is 2.71. The van der Waals surface area contributed by atoms with E-state index in [0.717, 1.165) is 31.9 Å². The number of benzene rings is 1. The summed E-state index contributed by atoms with van der Waals surface area (Å²) in [7, 11) is 3.86. The Morgan fingerprint density at radius 2 is 2.00 bits per heavy atom. The summed E-state index contributed by atoms with van der Waals surface area (Å²) in [4.78, 5) is 21.0. The minimum Gasteiger partial charge on any atom is -0.363 e. The molecule has 0 radical (unpaired) electrons. The predicted molar refractivity (Wildman–Crippen MR) is 101 cm³/mol. The summed E-state index contributed by atoms with van der Waals surface area (Å²) in [5.74, 6) is 0.777. The Labute approximate surface area is 149 Å². The first-order valence-corrected chi connectivity index (χ1v) is 8.76. The van der Waals surface area contributed by atoms with Crippen LogP contribution in [0.2, 0.25) is 0 Å². The molecule has 1 atom stereocenters. The lowest BCUT2D eigenvalue weighted by molar-refractivity contribution is 0.0926. The van der Waals surface area contributed by atoms with Crippen molar-refractivity contribution in [1.82, 2.24) is 15.2 Å². The lowest BCUT2D eigenvalue weighted by Crippen LogP contribution is -2.43. The van der Waals surface area contributed by atoms with Gasteiger partial charge < -0.3 is 10.2 Å². The van der Waals surface area contributed by atoms with E-state index in [4.69, 9.17) is 0 Å². The molecule has 1 aromatic heterocycles. The van der Waals surface area contributed by atoms with E-state index in [1.165, 1.54) is 11.1 Å². The lowest BCUT2D eigenvalue weighted by Gasteiger charge is -2.31. The number of rotatable bonds is 5. The number of pyridine rings is 1. The van der Waals surface area contributed by atoms with Crippen LogP contribution in [0.4, 0.5) is 5.82 Å². The summed E-state index contributed by atoms with van der Waals surface area (Å²) in [6.45, 7) is 4.90. The first kappa shape index (κ1) is 17.4. The molecular weight excluding hydrogens is 312 g/mol. The summed E-state index contributed by atoms with van der Waals surface area (Å²) in [6, 6.07) is 12.4. The van der Waals surface area contributed by atoms with E-state index in [1.54, 1.807) is 6.20 Å². The average Bonchev–Trinajstić information content (AvgIpc) is 2.61. The monoisotopic (exact) mass is 338 g/mol. The SMILES string of the molecule is CC(CN1CCc2ccccc2C1)NC(=O)c1ccc(N(C)C)nc1. The van der Waals surface area contributed by atoms with E-state index in [-0.39, 0.29) is 11.9 Å². The van der Waals surface area contributed by atoms with Gasteiger partial charge in [-0.05, 0) is 36.6 Å². The second-order valence-corrected chi connectivity index (χ2v) is 6.93. The molecule has 0 saturated carbocycles. The molecule has 132 valence electrons. The van der Waals surface area contributed by atoms with Gasteiger partial charge in [0.2, 0.25) is 0 Å². The highest BCUT2D eigenvalue weighted by Gasteiger charge is 2.19. The number of nitrogens with one attached hydrogen (secondary N) is 1. The molecule has 3 rings (SSSR count). The van der Waals surface area contributed by atoms with Crippen molar-refractivity contribution in [2.24, 2.45) is 0 Å². The van der Waals surface area contributed by atoms with E-state index >= 15 is 0 Å². The van der Waals surface area contributed by atoms with E-state index in [0.29, 0.717) is 5.56 Å². The molecule has 2 aromatic rings. The van der Waals surface area contributed by atoms with Gasteiger partial charge in [-0.1, -0.05) is 24.3 Å². The van der Waals surface area contributed by atoms with Crippen LogP contribution in [0.3, 0.4) is 0 Å². The third-order valence-corrected chi connectivity index (χ3v) is 4.59. The number of amides is 1. The molecule has 25 heavy (non-hydrogen) atoms. The number of hydrogen-bond acceptors (Lipinski definition) is 4. The smallest absolute Gasteiger partial charge is 0.253 e. The fourth-order valence-electron chi connectivity index (χ4n) is 3.23. The van der Waals surface area contributed by atoms with Gasteiger partial charge in [0, 0.05) is 46.0 Å². The highest BCUT2D eigenvalue weighted by molar-refractivity contribution is 5.94. The normalized spacial score (nSPS) is 15.3. The third-order valence-electron chi connectivity index (χ3n) is 4.59. The molecule has 0 spiro atoms. The summed E-state index contributed by atoms with van der Waals surface area (Å²) >= 11 is 0. The topological polar surface area (TPSA) is 48.5 Å². The Hall–Kier alpha value is -2.40. The molecule has 1 aliphatic heterocycles. The van der Waals surface area contributed by atoms with Crippen LogP contribution >= 0.6 is 0 Å². The minimum absolute atomic E-state index is 0.0669. The predicted octanol–water partition coefficient (Wildman–Crippen LogP) is 2.32. The Kier molecular flexibility index (Phi) is 5.34. The van der Waals surface area contributed by atoms with Gasteiger partial charge in [0.25, 0.3) is 5.91 Å². The molecule has 0 bridgehead atoms. The van der Waals surface area contributed by atoms with Gasteiger partial charge in [-0.25, -0.2) is 4.98 Å². The van der Waals surface area contributed by atoms with Crippen molar-refractivity contribution >= 4 is 11.7 Å². The molecule has 5 heteroatoms. The molecule has 0 fully saturated rings. The zero-order chi connectivity index (χ0) is 17.8. The van der Waals surface area contributed by atoms with Crippen LogP contribution in [0.25, 0.3) is 0 Å². The average molecular weight is 338 g/mol. The van der Waals surface area contributed by atoms with Gasteiger partial charge >= 0.3 is 0 Å². The van der Waals surface area contributed by atoms with Gasteiger partial charge in [0.1, 0.15) is 5.82 Å². The summed E-state index contributed by atoms with van der Waals surface area (Å²) < 4.78 is 0. The fourth-order valence-corrected chi connectivity index (χ4v) is 3.23. The highest BCUT2D eigenvalue weighted by atomic mass is 16.1. The lowest BCUT2D eigenvalue weighted by atomic mass is 9.99. The Morgan fingerprint density at radius 1 is 1.24 bits per heavy atom. The number of aromatic nitrogens is 1. The van der Waals surface area contributed by atoms with Crippen molar-refractivity contribution in [3.05, 3.63) is 59.3 Å². The molecule has 1 N–H and O–H groups in total. The number of carbonyl (C=O) groups excluding carboxylic acids is 1. The van der Waals surface area contributed by atoms with Crippen molar-refractivity contribution in [1.29, 1.82) is 0 Å². The van der Waals surface area contributed by atoms with Crippen molar-refractivity contribution in [3.63, 3.8) is 0 Å². The second-order valence-electron chi connectivity index (χ2n) is 6.93. The summed E-state index contributed by atoms with van der Waals surface area (Å²) in [5.41, 5.74) is 3.44. The fraction of sp³-hybridized carbons (Fsp3) is 0.400. The molecule has 0 aliphatic carbocycles. The molecule has 1 unspecified atom stereocenters. The summed E-state index contributed by atoms with van der Waals surface area (Å²) in [5, 5.41) is 3.08. The van der Waals surface area contributed by atoms with Crippen LogP contribution < -0.4 is 10.2 Å². The van der Waals surface area contributed by atoms with Crippen LogP contribution in [0.5, 0.6) is 0 Å². The van der Waals surface area contributed by atoms with E-state index < -0.39 is 0 Å². The second kappa shape index (κ2) is 7.66. The van der Waals surface area contributed by atoms with Crippen LogP contribution in [0, 0.1) is 0 Å². The molecule has 1 aromatic carbocycles. The van der Waals surface area contributed by atoms with Crippen LogP contribution in [-0.2, 0) is 13.0 Å². The first-order chi connectivity index (χ1) is 12.0. The standard InChI is InChI=1S/C20H26N4O/c1-15(13-24-11-10-16-6-4-5-7-18(16)14-24)22-20(25)17-8-9-19(21-12-17)23(2)3/h4-9,12,15H,10-11,13-14H2,1-3H3,(H,22,25). The van der Waals surface area contributed by atoms with E-state index in [9.17, 15) is 4.79 Å².